The first-order valence-electron chi connectivity index (χ1n) is 4.55. The molecule has 3 N–H and O–H groups in total. The van der Waals surface area contributed by atoms with Gasteiger partial charge in [0.05, 0.1) is 6.20 Å². The van der Waals surface area contributed by atoms with E-state index in [0.717, 1.165) is 5.69 Å². The molecule has 0 bridgehead atoms. The lowest BCUT2D eigenvalue weighted by atomic mass is 10.2. The van der Waals surface area contributed by atoms with Crippen molar-refractivity contribution in [1.29, 1.82) is 5.41 Å². The Morgan fingerprint density at radius 1 is 1.50 bits per heavy atom. The maximum absolute atomic E-state index is 7.38. The second-order valence-corrected chi connectivity index (χ2v) is 4.12. The number of nitrogens with two attached hydrogens (primary N) is 1. The van der Waals surface area contributed by atoms with Crippen LogP contribution in [0.15, 0.2) is 39.3 Å². The van der Waals surface area contributed by atoms with Gasteiger partial charge in [-0.15, -0.1) is 0 Å². The van der Waals surface area contributed by atoms with Crippen LogP contribution in [0.2, 0.25) is 0 Å². The first-order chi connectivity index (χ1) is 7.65. The molecule has 0 aliphatic heterocycles. The van der Waals surface area contributed by atoms with Gasteiger partial charge in [-0.25, -0.2) is 9.97 Å². The van der Waals surface area contributed by atoms with Gasteiger partial charge in [0.15, 0.2) is 0 Å². The number of hydrogen-bond acceptors (Lipinski definition) is 5. The summed E-state index contributed by atoms with van der Waals surface area (Å²) < 4.78 is 5.10. The van der Waals surface area contributed by atoms with Crippen molar-refractivity contribution in [3.8, 4) is 0 Å². The Labute approximate surface area is 96.6 Å². The lowest BCUT2D eigenvalue weighted by Crippen LogP contribution is -2.11. The molecular formula is C10H10N4OS. The molecular weight excluding hydrogens is 224 g/mol. The van der Waals surface area contributed by atoms with E-state index in [-0.39, 0.29) is 5.84 Å². The summed E-state index contributed by atoms with van der Waals surface area (Å²) in [6.07, 6.45) is 3.08. The molecule has 16 heavy (non-hydrogen) atoms. The van der Waals surface area contributed by atoms with Crippen LogP contribution in [-0.4, -0.2) is 15.8 Å². The molecule has 5 nitrogen and oxygen atoms in total. The fourth-order valence-corrected chi connectivity index (χ4v) is 1.97. The number of aryl methyl sites for hydroxylation is 1. The second kappa shape index (κ2) is 4.36. The average Bonchev–Trinajstić information content (AvgIpc) is 2.69. The molecule has 0 saturated carbocycles. The second-order valence-electron chi connectivity index (χ2n) is 3.15. The molecule has 0 unspecified atom stereocenters. The van der Waals surface area contributed by atoms with Crippen LogP contribution in [0.5, 0.6) is 0 Å². The third-order valence-electron chi connectivity index (χ3n) is 1.84. The van der Waals surface area contributed by atoms with Crippen molar-refractivity contribution >= 4 is 17.6 Å². The molecule has 0 fully saturated rings. The fourth-order valence-electron chi connectivity index (χ4n) is 1.20. The quantitative estimate of drug-likeness (QED) is 0.624. The molecule has 2 aromatic rings. The van der Waals surface area contributed by atoms with Crippen molar-refractivity contribution in [1.82, 2.24) is 9.97 Å². The zero-order chi connectivity index (χ0) is 11.5. The maximum atomic E-state index is 7.38. The zero-order valence-electron chi connectivity index (χ0n) is 8.60. The average molecular weight is 234 g/mol. The minimum atomic E-state index is 0.0276. The lowest BCUT2D eigenvalue weighted by molar-refractivity contribution is 0.454. The standard InChI is InChI=1S/C10H10N4OS/c1-6-4-7(9(11)12)5-8(14-6)16-10-13-2-3-15-10/h2-5H,1H3,(H3,11,12). The van der Waals surface area contributed by atoms with Gasteiger partial charge in [0.25, 0.3) is 5.22 Å². The largest absolute Gasteiger partial charge is 0.440 e. The van der Waals surface area contributed by atoms with Crippen molar-refractivity contribution in [2.75, 3.05) is 0 Å². The molecule has 0 saturated heterocycles. The molecule has 2 heterocycles. The SMILES string of the molecule is Cc1cc(C(=N)N)cc(Sc2ncco2)n1. The number of hydrogen-bond donors (Lipinski definition) is 2. The molecule has 0 amide bonds. The van der Waals surface area contributed by atoms with E-state index in [9.17, 15) is 0 Å². The third-order valence-corrected chi connectivity index (χ3v) is 2.64. The van der Waals surface area contributed by atoms with Crippen LogP contribution >= 0.6 is 11.8 Å². The number of nitrogens with zero attached hydrogens (tertiary/aromatic N) is 2. The zero-order valence-corrected chi connectivity index (χ0v) is 9.41. The van der Waals surface area contributed by atoms with Gasteiger partial charge in [0.2, 0.25) is 0 Å². The maximum Gasteiger partial charge on any atom is 0.261 e. The summed E-state index contributed by atoms with van der Waals surface area (Å²) in [5.74, 6) is 0.0276. The van der Waals surface area contributed by atoms with Gasteiger partial charge in [0, 0.05) is 11.3 Å². The van der Waals surface area contributed by atoms with Crippen LogP contribution in [-0.2, 0) is 0 Å². The first kappa shape index (κ1) is 10.7. The Bertz CT molecular complexity index is 510. The number of oxazole rings is 1. The number of amidine groups is 1. The van der Waals surface area contributed by atoms with Gasteiger partial charge in [-0.1, -0.05) is 0 Å². The molecule has 0 atom stereocenters. The van der Waals surface area contributed by atoms with Crippen LogP contribution in [0.1, 0.15) is 11.3 Å². The number of rotatable bonds is 3. The highest BCUT2D eigenvalue weighted by molar-refractivity contribution is 7.99. The summed E-state index contributed by atoms with van der Waals surface area (Å²) in [4.78, 5) is 8.29. The molecule has 0 aliphatic carbocycles. The van der Waals surface area contributed by atoms with E-state index in [4.69, 9.17) is 15.6 Å². The van der Waals surface area contributed by atoms with Crippen molar-refractivity contribution in [2.45, 2.75) is 17.2 Å². The van der Waals surface area contributed by atoms with E-state index in [2.05, 4.69) is 9.97 Å². The minimum absolute atomic E-state index is 0.0276. The monoisotopic (exact) mass is 234 g/mol. The third kappa shape index (κ3) is 2.40. The summed E-state index contributed by atoms with van der Waals surface area (Å²) in [6, 6.07) is 3.51. The van der Waals surface area contributed by atoms with Gasteiger partial charge in [-0.05, 0) is 30.8 Å². The Morgan fingerprint density at radius 2 is 2.31 bits per heavy atom. The highest BCUT2D eigenvalue weighted by Gasteiger charge is 2.06. The van der Waals surface area contributed by atoms with Crippen LogP contribution in [0, 0.1) is 12.3 Å². The van der Waals surface area contributed by atoms with E-state index in [0.29, 0.717) is 15.8 Å². The van der Waals surface area contributed by atoms with Crippen LogP contribution in [0.25, 0.3) is 0 Å². The molecule has 2 aromatic heterocycles. The lowest BCUT2D eigenvalue weighted by Gasteiger charge is -2.03. The predicted molar refractivity (Wildman–Crippen MR) is 60.6 cm³/mol. The molecule has 0 aromatic carbocycles. The first-order valence-corrected chi connectivity index (χ1v) is 5.37. The molecule has 82 valence electrons. The van der Waals surface area contributed by atoms with Crippen molar-refractivity contribution in [3.63, 3.8) is 0 Å². The molecule has 6 heteroatoms. The molecule has 2 rings (SSSR count). The Kier molecular flexibility index (Phi) is 2.91. The van der Waals surface area contributed by atoms with Gasteiger partial charge in [0.1, 0.15) is 17.1 Å². The highest BCUT2D eigenvalue weighted by atomic mass is 32.2. The number of nitrogen functional groups attached to an aromatic ring is 1. The molecule has 0 aliphatic rings. The van der Waals surface area contributed by atoms with E-state index in [1.807, 2.05) is 6.92 Å². The summed E-state index contributed by atoms with van der Waals surface area (Å²) in [6.45, 7) is 1.85. The summed E-state index contributed by atoms with van der Waals surface area (Å²) in [5, 5.41) is 8.62. The van der Waals surface area contributed by atoms with Crippen molar-refractivity contribution < 1.29 is 4.42 Å². The fraction of sp³-hybridized carbons (Fsp3) is 0.100. The van der Waals surface area contributed by atoms with Crippen LogP contribution in [0.3, 0.4) is 0 Å². The minimum Gasteiger partial charge on any atom is -0.440 e. The summed E-state index contributed by atoms with van der Waals surface area (Å²) >= 11 is 1.30. The van der Waals surface area contributed by atoms with Gasteiger partial charge >= 0.3 is 0 Å². The van der Waals surface area contributed by atoms with Crippen LogP contribution in [0.4, 0.5) is 0 Å². The van der Waals surface area contributed by atoms with Crippen molar-refractivity contribution in [3.05, 3.63) is 35.9 Å². The number of pyridine rings is 1. The predicted octanol–water partition coefficient (Wildman–Crippen LogP) is 1.81. The van der Waals surface area contributed by atoms with Crippen LogP contribution < -0.4 is 5.73 Å². The molecule has 0 spiro atoms. The van der Waals surface area contributed by atoms with E-state index in [1.165, 1.54) is 18.0 Å². The molecule has 0 radical (unpaired) electrons. The number of nitrogens with one attached hydrogen (secondary N) is 1. The Hall–Kier alpha value is -1.82. The van der Waals surface area contributed by atoms with Crippen molar-refractivity contribution in [2.24, 2.45) is 5.73 Å². The summed E-state index contributed by atoms with van der Waals surface area (Å²) in [7, 11) is 0. The van der Waals surface area contributed by atoms with Gasteiger partial charge in [-0.2, -0.15) is 0 Å². The number of aromatic nitrogens is 2. The Morgan fingerprint density at radius 3 is 2.94 bits per heavy atom. The van der Waals surface area contributed by atoms with E-state index in [1.54, 1.807) is 18.3 Å². The van der Waals surface area contributed by atoms with E-state index < -0.39 is 0 Å². The highest BCUT2D eigenvalue weighted by Crippen LogP contribution is 2.25. The Balaban J connectivity index is 2.31. The van der Waals surface area contributed by atoms with Gasteiger partial charge < -0.3 is 10.2 Å². The normalized spacial score (nSPS) is 10.3. The smallest absolute Gasteiger partial charge is 0.261 e. The van der Waals surface area contributed by atoms with Gasteiger partial charge in [-0.3, -0.25) is 5.41 Å². The van der Waals surface area contributed by atoms with E-state index >= 15 is 0 Å². The summed E-state index contributed by atoms with van der Waals surface area (Å²) in [5.41, 5.74) is 6.89. The topological polar surface area (TPSA) is 88.8 Å².